The van der Waals surface area contributed by atoms with Crippen molar-refractivity contribution >= 4 is 41.1 Å². The van der Waals surface area contributed by atoms with Crippen molar-refractivity contribution in [3.63, 3.8) is 0 Å². The van der Waals surface area contributed by atoms with E-state index >= 15 is 0 Å². The molecule has 2 nitrogen and oxygen atoms in total. The fraction of sp³-hybridized carbons (Fsp3) is 0.417. The lowest BCUT2D eigenvalue weighted by Gasteiger charge is -2.16. The molecule has 1 heterocycles. The van der Waals surface area contributed by atoms with Gasteiger partial charge in [-0.2, -0.15) is 12.6 Å². The van der Waals surface area contributed by atoms with Crippen molar-refractivity contribution in [2.75, 3.05) is 12.3 Å². The quantitative estimate of drug-likeness (QED) is 0.658. The van der Waals surface area contributed by atoms with E-state index in [2.05, 4.69) is 59.5 Å². The second-order valence-electron chi connectivity index (χ2n) is 4.15. The summed E-state index contributed by atoms with van der Waals surface area (Å²) in [6.07, 6.45) is 0.661. The zero-order valence-electron chi connectivity index (χ0n) is 8.90. The molecule has 1 aliphatic heterocycles. The van der Waals surface area contributed by atoms with Gasteiger partial charge in [-0.15, -0.1) is 0 Å². The molecule has 0 N–H and O–H groups in total. The van der Waals surface area contributed by atoms with Crippen LogP contribution in [-0.2, 0) is 11.3 Å². The molecule has 1 unspecified atom stereocenters. The van der Waals surface area contributed by atoms with Crippen LogP contribution >= 0.6 is 35.2 Å². The summed E-state index contributed by atoms with van der Waals surface area (Å²) in [6, 6.07) is 8.32. The highest BCUT2D eigenvalue weighted by atomic mass is 127. The van der Waals surface area contributed by atoms with E-state index in [1.807, 2.05) is 4.90 Å². The number of thiol groups is 1. The van der Waals surface area contributed by atoms with E-state index in [0.29, 0.717) is 12.3 Å². The summed E-state index contributed by atoms with van der Waals surface area (Å²) in [5, 5.41) is 0. The van der Waals surface area contributed by atoms with Gasteiger partial charge in [0.25, 0.3) is 0 Å². The number of hydrogen-bond donors (Lipinski definition) is 1. The maximum absolute atomic E-state index is 11.7. The Morgan fingerprint density at radius 2 is 2.06 bits per heavy atom. The zero-order chi connectivity index (χ0) is 11.5. The minimum atomic E-state index is 0.262. The van der Waals surface area contributed by atoms with Gasteiger partial charge in [-0.1, -0.05) is 12.1 Å². The van der Waals surface area contributed by atoms with Crippen LogP contribution in [0.5, 0.6) is 0 Å². The van der Waals surface area contributed by atoms with E-state index in [-0.39, 0.29) is 5.91 Å². The SMILES string of the molecule is O=C1CC(CS)CN1Cc1ccc(I)cc1. The minimum absolute atomic E-state index is 0.262. The Kier molecular flexibility index (Phi) is 4.13. The lowest BCUT2D eigenvalue weighted by molar-refractivity contribution is -0.128. The van der Waals surface area contributed by atoms with E-state index in [0.717, 1.165) is 18.8 Å². The van der Waals surface area contributed by atoms with Gasteiger partial charge in [-0.3, -0.25) is 4.79 Å². The summed E-state index contributed by atoms with van der Waals surface area (Å²) in [4.78, 5) is 13.6. The van der Waals surface area contributed by atoms with Gasteiger partial charge in [0.1, 0.15) is 0 Å². The summed E-state index contributed by atoms with van der Waals surface area (Å²) in [5.74, 6) is 1.49. The summed E-state index contributed by atoms with van der Waals surface area (Å²) in [7, 11) is 0. The standard InChI is InChI=1S/C12H14INOS/c13-11-3-1-9(2-4-11)6-14-7-10(8-16)5-12(14)15/h1-4,10,16H,5-8H2. The van der Waals surface area contributed by atoms with Crippen molar-refractivity contribution in [1.29, 1.82) is 0 Å². The number of carbonyl (C=O) groups is 1. The molecule has 1 amide bonds. The summed E-state index contributed by atoms with van der Waals surface area (Å²) in [5.41, 5.74) is 1.20. The second kappa shape index (κ2) is 5.40. The van der Waals surface area contributed by atoms with Gasteiger partial charge in [0.2, 0.25) is 5.91 Å². The van der Waals surface area contributed by atoms with Gasteiger partial charge >= 0.3 is 0 Å². The van der Waals surface area contributed by atoms with Crippen LogP contribution in [0.2, 0.25) is 0 Å². The highest BCUT2D eigenvalue weighted by Crippen LogP contribution is 2.21. The number of rotatable bonds is 3. The number of likely N-dealkylation sites (tertiary alicyclic amines) is 1. The summed E-state index contributed by atoms with van der Waals surface area (Å²) >= 11 is 6.54. The van der Waals surface area contributed by atoms with Crippen LogP contribution in [0, 0.1) is 9.49 Å². The predicted molar refractivity (Wildman–Crippen MR) is 76.5 cm³/mol. The molecule has 1 aliphatic rings. The van der Waals surface area contributed by atoms with Gasteiger partial charge in [0, 0.05) is 23.1 Å². The number of nitrogens with zero attached hydrogens (tertiary/aromatic N) is 1. The number of amides is 1. The van der Waals surface area contributed by atoms with E-state index in [4.69, 9.17) is 0 Å². The van der Waals surface area contributed by atoms with E-state index in [1.165, 1.54) is 9.13 Å². The summed E-state index contributed by atoms with van der Waals surface area (Å²) in [6.45, 7) is 1.59. The maximum Gasteiger partial charge on any atom is 0.223 e. The molecule has 1 atom stereocenters. The van der Waals surface area contributed by atoms with Crippen molar-refractivity contribution in [3.8, 4) is 0 Å². The van der Waals surface area contributed by atoms with Crippen LogP contribution in [0.15, 0.2) is 24.3 Å². The van der Waals surface area contributed by atoms with Crippen LogP contribution in [0.25, 0.3) is 0 Å². The van der Waals surface area contributed by atoms with E-state index < -0.39 is 0 Å². The Balaban J connectivity index is 2.00. The number of carbonyl (C=O) groups excluding carboxylic acids is 1. The third-order valence-corrected chi connectivity index (χ3v) is 4.08. The Labute approximate surface area is 115 Å². The Hall–Kier alpha value is -0.230. The highest BCUT2D eigenvalue weighted by Gasteiger charge is 2.28. The molecule has 0 aromatic heterocycles. The molecular formula is C12H14INOS. The molecule has 4 heteroatoms. The van der Waals surface area contributed by atoms with E-state index in [9.17, 15) is 4.79 Å². The molecule has 16 heavy (non-hydrogen) atoms. The van der Waals surface area contributed by atoms with Crippen molar-refractivity contribution < 1.29 is 4.79 Å². The van der Waals surface area contributed by atoms with Crippen molar-refractivity contribution in [2.45, 2.75) is 13.0 Å². The van der Waals surface area contributed by atoms with Crippen LogP contribution in [-0.4, -0.2) is 23.1 Å². The molecule has 0 radical (unpaired) electrons. The van der Waals surface area contributed by atoms with E-state index in [1.54, 1.807) is 0 Å². The first kappa shape index (κ1) is 12.2. The molecule has 1 aromatic carbocycles. The van der Waals surface area contributed by atoms with Gasteiger partial charge in [0.05, 0.1) is 0 Å². The number of benzene rings is 1. The predicted octanol–water partition coefficient (Wildman–Crippen LogP) is 2.57. The van der Waals surface area contributed by atoms with Crippen molar-refractivity contribution in [2.24, 2.45) is 5.92 Å². The van der Waals surface area contributed by atoms with Crippen LogP contribution in [0.3, 0.4) is 0 Å². The maximum atomic E-state index is 11.7. The van der Waals surface area contributed by atoms with Crippen molar-refractivity contribution in [3.05, 3.63) is 33.4 Å². The molecule has 1 saturated heterocycles. The van der Waals surface area contributed by atoms with Crippen LogP contribution in [0.1, 0.15) is 12.0 Å². The molecule has 0 bridgehead atoms. The van der Waals surface area contributed by atoms with Crippen LogP contribution < -0.4 is 0 Å². The third kappa shape index (κ3) is 2.91. The Morgan fingerprint density at radius 3 is 2.62 bits per heavy atom. The first-order chi connectivity index (χ1) is 7.69. The first-order valence-corrected chi connectivity index (χ1v) is 7.03. The monoisotopic (exact) mass is 347 g/mol. The molecule has 86 valence electrons. The second-order valence-corrected chi connectivity index (χ2v) is 5.76. The molecule has 0 aliphatic carbocycles. The van der Waals surface area contributed by atoms with Crippen molar-refractivity contribution in [1.82, 2.24) is 4.90 Å². The summed E-state index contributed by atoms with van der Waals surface area (Å²) < 4.78 is 1.22. The third-order valence-electron chi connectivity index (χ3n) is 2.84. The molecule has 2 rings (SSSR count). The highest BCUT2D eigenvalue weighted by molar-refractivity contribution is 14.1. The van der Waals surface area contributed by atoms with Gasteiger partial charge < -0.3 is 4.90 Å². The fourth-order valence-corrected chi connectivity index (χ4v) is 2.54. The number of halogens is 1. The van der Waals surface area contributed by atoms with Gasteiger partial charge in [0.15, 0.2) is 0 Å². The average Bonchev–Trinajstić information content (AvgIpc) is 2.63. The lowest BCUT2D eigenvalue weighted by Crippen LogP contribution is -2.24. The van der Waals surface area contributed by atoms with Crippen LogP contribution in [0.4, 0.5) is 0 Å². The average molecular weight is 347 g/mol. The normalized spacial score (nSPS) is 20.5. The molecule has 0 spiro atoms. The minimum Gasteiger partial charge on any atom is -0.338 e. The molecular weight excluding hydrogens is 333 g/mol. The molecule has 0 saturated carbocycles. The molecule has 1 fully saturated rings. The van der Waals surface area contributed by atoms with Gasteiger partial charge in [-0.05, 0) is 52.0 Å². The smallest absolute Gasteiger partial charge is 0.223 e. The first-order valence-electron chi connectivity index (χ1n) is 5.32. The number of hydrogen-bond acceptors (Lipinski definition) is 2. The lowest BCUT2D eigenvalue weighted by atomic mass is 10.1. The fourth-order valence-electron chi connectivity index (χ4n) is 1.94. The Bertz CT molecular complexity index is 379. The topological polar surface area (TPSA) is 20.3 Å². The zero-order valence-corrected chi connectivity index (χ0v) is 11.9. The Morgan fingerprint density at radius 1 is 1.38 bits per heavy atom. The van der Waals surface area contributed by atoms with Gasteiger partial charge in [-0.25, -0.2) is 0 Å². The largest absolute Gasteiger partial charge is 0.338 e. The molecule has 1 aromatic rings.